The van der Waals surface area contributed by atoms with Gasteiger partial charge in [-0.05, 0) is 44.6 Å². The van der Waals surface area contributed by atoms with Crippen molar-refractivity contribution in [1.29, 1.82) is 0 Å². The molecule has 0 bridgehead atoms. The average Bonchev–Trinajstić information content (AvgIpc) is 2.60. The monoisotopic (exact) mass is 316 g/mol. The van der Waals surface area contributed by atoms with Crippen LogP contribution < -0.4 is 10.2 Å². The van der Waals surface area contributed by atoms with Crippen LogP contribution in [0.25, 0.3) is 0 Å². The molecular formula is C18H28N4O. The number of amides is 1. The molecule has 1 N–H and O–H groups in total. The van der Waals surface area contributed by atoms with E-state index in [1.807, 2.05) is 11.9 Å². The van der Waals surface area contributed by atoms with E-state index >= 15 is 0 Å². The molecule has 0 atom stereocenters. The summed E-state index contributed by atoms with van der Waals surface area (Å²) >= 11 is 0. The highest BCUT2D eigenvalue weighted by molar-refractivity contribution is 5.92. The van der Waals surface area contributed by atoms with E-state index in [1.54, 1.807) is 12.3 Å². The number of carbonyl (C=O) groups excluding carboxylic acids is 1. The Labute approximate surface area is 139 Å². The lowest BCUT2D eigenvalue weighted by Gasteiger charge is -2.17. The highest BCUT2D eigenvalue weighted by Gasteiger charge is 2.11. The fraction of sp³-hybridized carbons (Fsp3) is 0.611. The maximum atomic E-state index is 12.2. The summed E-state index contributed by atoms with van der Waals surface area (Å²) in [5.74, 6) is 0.495. The van der Waals surface area contributed by atoms with E-state index in [0.29, 0.717) is 18.2 Å². The SMILES string of the molecule is CCCCN(C)c1nccc(C(=O)NCCC2=CCCCC2)n1. The van der Waals surface area contributed by atoms with Gasteiger partial charge in [-0.3, -0.25) is 4.79 Å². The molecule has 0 saturated heterocycles. The molecular weight excluding hydrogens is 288 g/mol. The first kappa shape index (κ1) is 17.4. The van der Waals surface area contributed by atoms with Gasteiger partial charge in [0.05, 0.1) is 0 Å². The molecule has 1 amide bonds. The summed E-state index contributed by atoms with van der Waals surface area (Å²) < 4.78 is 0. The van der Waals surface area contributed by atoms with Crippen molar-refractivity contribution in [3.8, 4) is 0 Å². The van der Waals surface area contributed by atoms with E-state index in [9.17, 15) is 4.79 Å². The van der Waals surface area contributed by atoms with Crippen molar-refractivity contribution in [1.82, 2.24) is 15.3 Å². The second-order valence-electron chi connectivity index (χ2n) is 6.13. The number of hydrogen-bond acceptors (Lipinski definition) is 4. The molecule has 23 heavy (non-hydrogen) atoms. The van der Waals surface area contributed by atoms with Gasteiger partial charge in [0.15, 0.2) is 0 Å². The maximum absolute atomic E-state index is 12.2. The number of nitrogens with one attached hydrogen (secondary N) is 1. The molecule has 0 unspecified atom stereocenters. The lowest BCUT2D eigenvalue weighted by molar-refractivity contribution is 0.0949. The van der Waals surface area contributed by atoms with Crippen LogP contribution in [0.1, 0.15) is 62.4 Å². The zero-order chi connectivity index (χ0) is 16.5. The first-order valence-electron chi connectivity index (χ1n) is 8.71. The van der Waals surface area contributed by atoms with Crippen LogP contribution in [0, 0.1) is 0 Å². The Balaban J connectivity index is 1.85. The quantitative estimate of drug-likeness (QED) is 0.747. The molecule has 1 aromatic heterocycles. The summed E-state index contributed by atoms with van der Waals surface area (Å²) in [5, 5.41) is 2.97. The first-order chi connectivity index (χ1) is 11.2. The van der Waals surface area contributed by atoms with Crippen LogP contribution in [0.3, 0.4) is 0 Å². The lowest BCUT2D eigenvalue weighted by atomic mass is 9.97. The minimum Gasteiger partial charge on any atom is -0.350 e. The Morgan fingerprint density at radius 2 is 2.26 bits per heavy atom. The molecule has 0 radical (unpaired) electrons. The summed E-state index contributed by atoms with van der Waals surface area (Å²) in [7, 11) is 1.96. The zero-order valence-electron chi connectivity index (χ0n) is 14.3. The van der Waals surface area contributed by atoms with Crippen molar-refractivity contribution in [2.75, 3.05) is 25.0 Å². The molecule has 0 saturated carbocycles. The van der Waals surface area contributed by atoms with E-state index in [4.69, 9.17) is 0 Å². The van der Waals surface area contributed by atoms with Crippen LogP contribution in [0.5, 0.6) is 0 Å². The van der Waals surface area contributed by atoms with Crippen LogP contribution in [-0.4, -0.2) is 36.0 Å². The Kier molecular flexibility index (Phi) is 7.04. The molecule has 0 fully saturated rings. The van der Waals surface area contributed by atoms with Crippen molar-refractivity contribution in [2.24, 2.45) is 0 Å². The van der Waals surface area contributed by atoms with Gasteiger partial charge < -0.3 is 10.2 Å². The van der Waals surface area contributed by atoms with Gasteiger partial charge in [0.1, 0.15) is 5.69 Å². The number of aromatic nitrogens is 2. The molecule has 0 aromatic carbocycles. The largest absolute Gasteiger partial charge is 0.350 e. The second kappa shape index (κ2) is 9.28. The van der Waals surface area contributed by atoms with Gasteiger partial charge in [0.2, 0.25) is 5.95 Å². The summed E-state index contributed by atoms with van der Waals surface area (Å²) in [6, 6.07) is 1.67. The predicted molar refractivity (Wildman–Crippen MR) is 93.7 cm³/mol. The van der Waals surface area contributed by atoms with Gasteiger partial charge >= 0.3 is 0 Å². The Morgan fingerprint density at radius 3 is 3.00 bits per heavy atom. The first-order valence-corrected chi connectivity index (χ1v) is 8.71. The van der Waals surface area contributed by atoms with Gasteiger partial charge in [0, 0.05) is 26.3 Å². The molecule has 1 heterocycles. The van der Waals surface area contributed by atoms with E-state index in [2.05, 4.69) is 28.3 Å². The van der Waals surface area contributed by atoms with Crippen molar-refractivity contribution in [3.05, 3.63) is 29.6 Å². The van der Waals surface area contributed by atoms with E-state index < -0.39 is 0 Å². The normalized spacial score (nSPS) is 14.3. The number of hydrogen-bond donors (Lipinski definition) is 1. The summed E-state index contributed by atoms with van der Waals surface area (Å²) in [5.41, 5.74) is 1.91. The molecule has 2 rings (SSSR count). The third-order valence-electron chi connectivity index (χ3n) is 4.18. The molecule has 0 spiro atoms. The molecule has 0 aliphatic heterocycles. The Bertz CT molecular complexity index is 542. The second-order valence-corrected chi connectivity index (χ2v) is 6.13. The Hall–Kier alpha value is -1.91. The standard InChI is InChI=1S/C18H28N4O/c1-3-4-14-22(2)18-20-13-11-16(21-18)17(23)19-12-10-15-8-6-5-7-9-15/h8,11,13H,3-7,9-10,12,14H2,1-2H3,(H,19,23). The van der Waals surface area contributed by atoms with Gasteiger partial charge in [-0.1, -0.05) is 25.0 Å². The molecule has 5 nitrogen and oxygen atoms in total. The van der Waals surface area contributed by atoms with Gasteiger partial charge in [-0.2, -0.15) is 0 Å². The predicted octanol–water partition coefficient (Wildman–Crippen LogP) is 3.33. The molecule has 1 aliphatic rings. The average molecular weight is 316 g/mol. The Morgan fingerprint density at radius 1 is 1.39 bits per heavy atom. The number of carbonyl (C=O) groups is 1. The molecule has 126 valence electrons. The number of anilines is 1. The topological polar surface area (TPSA) is 58.1 Å². The highest BCUT2D eigenvalue weighted by atomic mass is 16.1. The summed E-state index contributed by atoms with van der Waals surface area (Å²) in [6.45, 7) is 3.73. The minimum atomic E-state index is -0.117. The van der Waals surface area contributed by atoms with Gasteiger partial charge in [0.25, 0.3) is 5.91 Å². The molecule has 5 heteroatoms. The number of nitrogens with zero attached hydrogens (tertiary/aromatic N) is 3. The van der Waals surface area contributed by atoms with E-state index in [1.165, 1.54) is 31.3 Å². The van der Waals surface area contributed by atoms with Gasteiger partial charge in [-0.15, -0.1) is 0 Å². The van der Waals surface area contributed by atoms with E-state index in [0.717, 1.165) is 25.8 Å². The van der Waals surface area contributed by atoms with Crippen molar-refractivity contribution in [3.63, 3.8) is 0 Å². The summed E-state index contributed by atoms with van der Waals surface area (Å²) in [6.07, 6.45) is 12.1. The van der Waals surface area contributed by atoms with Gasteiger partial charge in [-0.25, -0.2) is 9.97 Å². The number of rotatable bonds is 8. The lowest BCUT2D eigenvalue weighted by Crippen LogP contribution is -2.27. The summed E-state index contributed by atoms with van der Waals surface area (Å²) in [4.78, 5) is 22.9. The van der Waals surface area contributed by atoms with Crippen LogP contribution in [-0.2, 0) is 0 Å². The maximum Gasteiger partial charge on any atom is 0.270 e. The van der Waals surface area contributed by atoms with Crippen LogP contribution in [0.2, 0.25) is 0 Å². The van der Waals surface area contributed by atoms with E-state index in [-0.39, 0.29) is 5.91 Å². The fourth-order valence-corrected chi connectivity index (χ4v) is 2.71. The number of allylic oxidation sites excluding steroid dienone is 1. The zero-order valence-corrected chi connectivity index (χ0v) is 14.3. The van der Waals surface area contributed by atoms with Crippen LogP contribution >= 0.6 is 0 Å². The van der Waals surface area contributed by atoms with Crippen LogP contribution in [0.15, 0.2) is 23.9 Å². The highest BCUT2D eigenvalue weighted by Crippen LogP contribution is 2.19. The molecule has 1 aromatic rings. The molecule has 1 aliphatic carbocycles. The minimum absolute atomic E-state index is 0.117. The third-order valence-corrected chi connectivity index (χ3v) is 4.18. The number of unbranched alkanes of at least 4 members (excludes halogenated alkanes) is 1. The smallest absolute Gasteiger partial charge is 0.270 e. The van der Waals surface area contributed by atoms with Crippen molar-refractivity contribution < 1.29 is 4.79 Å². The van der Waals surface area contributed by atoms with Crippen molar-refractivity contribution >= 4 is 11.9 Å². The van der Waals surface area contributed by atoms with Crippen LogP contribution in [0.4, 0.5) is 5.95 Å². The van der Waals surface area contributed by atoms with Crippen molar-refractivity contribution in [2.45, 2.75) is 51.9 Å². The third kappa shape index (κ3) is 5.66. The fourth-order valence-electron chi connectivity index (χ4n) is 2.71.